The van der Waals surface area contributed by atoms with E-state index in [-0.39, 0.29) is 40.7 Å². The number of hydrogen-bond acceptors (Lipinski definition) is 16. The van der Waals surface area contributed by atoms with Crippen molar-refractivity contribution < 1.29 is 105 Å². The van der Waals surface area contributed by atoms with Gasteiger partial charge < -0.3 is 31.1 Å². The van der Waals surface area contributed by atoms with Gasteiger partial charge in [-0.2, -0.15) is 0 Å². The van der Waals surface area contributed by atoms with Gasteiger partial charge >= 0.3 is 16.8 Å². The molecule has 0 spiro atoms. The van der Waals surface area contributed by atoms with Gasteiger partial charge in [0.2, 0.25) is 11.8 Å². The van der Waals surface area contributed by atoms with Crippen LogP contribution in [0.2, 0.25) is 0 Å². The van der Waals surface area contributed by atoms with Crippen LogP contribution in [-0.2, 0) is 26.4 Å². The van der Waals surface area contributed by atoms with Gasteiger partial charge in [0.25, 0.3) is 0 Å². The molecule has 2 amide bonds. The van der Waals surface area contributed by atoms with Crippen LogP contribution < -0.4 is 47.9 Å². The van der Waals surface area contributed by atoms with E-state index in [1.807, 2.05) is 37.7 Å². The van der Waals surface area contributed by atoms with Crippen LogP contribution in [0, 0.1) is 20.5 Å². The average molecular weight is 644 g/mol. The second-order valence-electron chi connectivity index (χ2n) is 5.30. The summed E-state index contributed by atoms with van der Waals surface area (Å²) in [5.41, 5.74) is 0. The van der Waals surface area contributed by atoms with Gasteiger partial charge in [0.05, 0.1) is 12.1 Å². The molecule has 0 aliphatic carbocycles. The molecule has 0 bridgehead atoms. The standard InChI is InChI=1S/C12H26N4O2.4CH4O.2ClHO4.Co/c1-9(11(17)13-3)15(5)7-8-16(6)10(2)12(18)14-4;4*1-2;2*2-1(3,4)5;/h9-10H,7-8H2,1-6H3,(H,13,17)(H,14,18);4*2H,1H3;2*(H,2,3,4,5);/q;;;;;;;+2/p-2/t9-,10-;;;;;;;/m0......./s1. The summed E-state index contributed by atoms with van der Waals surface area (Å²) in [6, 6.07) is -0.336. The van der Waals surface area contributed by atoms with E-state index < -0.39 is 20.5 Å². The number of carbonyl (C=O) groups is 2. The number of aliphatic hydroxyl groups is 4. The first-order valence-corrected chi connectivity index (χ1v) is 11.7. The maximum atomic E-state index is 11.5. The summed E-state index contributed by atoms with van der Waals surface area (Å²) in [6.07, 6.45) is 0. The van der Waals surface area contributed by atoms with Crippen molar-refractivity contribution in [3.63, 3.8) is 0 Å². The fraction of sp³-hybridized carbons (Fsp3) is 0.875. The number of aliphatic hydroxyl groups excluding tert-OH is 4. The molecular weight excluding hydrogens is 602 g/mol. The van der Waals surface area contributed by atoms with Crippen LogP contribution in [0.3, 0.4) is 0 Å². The second kappa shape index (κ2) is 37.6. The Morgan fingerprint density at radius 3 is 0.865 bits per heavy atom. The Balaban J connectivity index is -0.0000000609. The molecule has 0 aliphatic rings. The molecule has 1 radical (unpaired) electrons. The number of nitrogens with one attached hydrogen (secondary N) is 2. The van der Waals surface area contributed by atoms with Crippen molar-refractivity contribution in [2.24, 2.45) is 0 Å². The third-order valence-electron chi connectivity index (χ3n) is 3.38. The summed E-state index contributed by atoms with van der Waals surface area (Å²) in [5, 5.41) is 33.3. The molecule has 0 saturated heterocycles. The molecule has 2 atom stereocenters. The van der Waals surface area contributed by atoms with Gasteiger partial charge in [-0.25, -0.2) is 37.3 Å². The Bertz CT molecular complexity index is 412. The number of likely N-dealkylation sites (N-methyl/N-ethyl adjacent to an activating group) is 4. The molecule has 18 nitrogen and oxygen atoms in total. The number of rotatable bonds is 7. The number of nitrogens with zero attached hydrogens (tertiary/aromatic N) is 2. The van der Waals surface area contributed by atoms with E-state index in [2.05, 4.69) is 10.6 Å². The third-order valence-corrected chi connectivity index (χ3v) is 3.38. The van der Waals surface area contributed by atoms with Gasteiger partial charge in [0.1, 0.15) is 0 Å². The van der Waals surface area contributed by atoms with Crippen molar-refractivity contribution >= 4 is 11.8 Å². The molecule has 0 aromatic heterocycles. The summed E-state index contributed by atoms with van der Waals surface area (Å²) >= 11 is 0. The predicted molar refractivity (Wildman–Crippen MR) is 105 cm³/mol. The molecule has 21 heteroatoms. The first-order valence-electron chi connectivity index (χ1n) is 9.21. The van der Waals surface area contributed by atoms with Gasteiger partial charge in [-0.05, 0) is 27.9 Å². The van der Waals surface area contributed by atoms with Crippen molar-refractivity contribution in [2.75, 3.05) is 69.7 Å². The zero-order chi connectivity index (χ0) is 31.3. The van der Waals surface area contributed by atoms with Crippen LogP contribution in [0.4, 0.5) is 0 Å². The molecule has 233 valence electrons. The van der Waals surface area contributed by atoms with E-state index in [0.717, 1.165) is 41.5 Å². The van der Waals surface area contributed by atoms with E-state index >= 15 is 0 Å². The Labute approximate surface area is 232 Å². The van der Waals surface area contributed by atoms with E-state index in [1.54, 1.807) is 14.1 Å². The Kier molecular flexibility index (Phi) is 57.6. The first kappa shape index (κ1) is 56.6. The average Bonchev–Trinajstić information content (AvgIpc) is 2.83. The summed E-state index contributed by atoms with van der Waals surface area (Å²) in [7, 11) is 1.18. The number of halogens is 2. The van der Waals surface area contributed by atoms with Gasteiger partial charge in [0, 0.05) is 55.6 Å². The summed E-state index contributed by atoms with van der Waals surface area (Å²) in [5.74, 6) is -0.000921. The summed E-state index contributed by atoms with van der Waals surface area (Å²) in [6.45, 7) is 5.18. The molecule has 0 aromatic rings. The predicted octanol–water partition coefficient (Wildman–Crippen LogP) is -12.0. The fourth-order valence-electron chi connectivity index (χ4n) is 1.52. The Hall–Kier alpha value is -0.534. The minimum Gasteiger partial charge on any atom is -0.400 e. The summed E-state index contributed by atoms with van der Waals surface area (Å²) < 4.78 is 67.9. The van der Waals surface area contributed by atoms with Crippen molar-refractivity contribution in [3.05, 3.63) is 0 Å². The zero-order valence-corrected chi connectivity index (χ0v) is 25.0. The molecule has 0 rings (SSSR count). The van der Waals surface area contributed by atoms with Crippen molar-refractivity contribution in [1.29, 1.82) is 0 Å². The zero-order valence-electron chi connectivity index (χ0n) is 22.4. The topological polar surface area (TPSA) is 330 Å². The largest absolute Gasteiger partial charge is 2.00 e. The maximum absolute atomic E-state index is 11.5. The minimum absolute atomic E-state index is 0. The van der Waals surface area contributed by atoms with Crippen LogP contribution in [0.15, 0.2) is 0 Å². The van der Waals surface area contributed by atoms with Gasteiger partial charge in [-0.1, -0.05) is 0 Å². The Morgan fingerprint density at radius 2 is 0.757 bits per heavy atom. The normalized spacial score (nSPS) is 10.9. The Morgan fingerprint density at radius 1 is 0.622 bits per heavy atom. The van der Waals surface area contributed by atoms with Crippen LogP contribution in [0.25, 0.3) is 0 Å². The van der Waals surface area contributed by atoms with Crippen LogP contribution in [0.5, 0.6) is 0 Å². The monoisotopic (exact) mass is 643 g/mol. The van der Waals surface area contributed by atoms with Crippen LogP contribution in [-0.4, -0.2) is 124 Å². The van der Waals surface area contributed by atoms with Crippen molar-refractivity contribution in [2.45, 2.75) is 25.9 Å². The van der Waals surface area contributed by atoms with E-state index in [4.69, 9.17) is 57.7 Å². The maximum Gasteiger partial charge on any atom is 2.00 e. The van der Waals surface area contributed by atoms with Crippen molar-refractivity contribution in [1.82, 2.24) is 20.4 Å². The molecule has 0 heterocycles. The van der Waals surface area contributed by atoms with Crippen molar-refractivity contribution in [3.8, 4) is 0 Å². The molecule has 0 aromatic carbocycles. The number of amides is 2. The number of carbonyl (C=O) groups excluding carboxylic acids is 2. The first-order chi connectivity index (χ1) is 16.3. The molecule has 37 heavy (non-hydrogen) atoms. The van der Waals surface area contributed by atoms with E-state index in [1.165, 1.54) is 0 Å². The van der Waals surface area contributed by atoms with E-state index in [9.17, 15) is 9.59 Å². The molecule has 6 N–H and O–H groups in total. The van der Waals surface area contributed by atoms with Gasteiger partial charge in [0.15, 0.2) is 0 Å². The molecule has 0 unspecified atom stereocenters. The van der Waals surface area contributed by atoms with Crippen LogP contribution >= 0.6 is 0 Å². The fourth-order valence-corrected chi connectivity index (χ4v) is 1.52. The molecule has 0 saturated carbocycles. The SMILES string of the molecule is CNC(=O)[C@H](C)N(C)CCN(C)[C@@H](C)C(=O)NC.CO.CO.CO.CO.[Co+2].[O-][Cl+3]([O-])([O-])[O-].[O-][Cl+3]([O-])([O-])[O-]. The van der Waals surface area contributed by atoms with E-state index in [0.29, 0.717) is 0 Å². The quantitative estimate of drug-likeness (QED) is 0.150. The smallest absolute Gasteiger partial charge is 0.400 e. The molecular formula is C16H42Cl2CoN4O14. The molecule has 0 aliphatic heterocycles. The number of hydrogen-bond donors (Lipinski definition) is 6. The molecule has 0 fully saturated rings. The summed E-state index contributed by atoms with van der Waals surface area (Å²) in [4.78, 5) is 26.8. The van der Waals surface area contributed by atoms with Gasteiger partial charge in [-0.3, -0.25) is 19.4 Å². The van der Waals surface area contributed by atoms with Gasteiger partial charge in [-0.15, -0.1) is 20.5 Å². The third kappa shape index (κ3) is 66.4. The second-order valence-corrected chi connectivity index (χ2v) is 6.81. The van der Waals surface area contributed by atoms with Crippen LogP contribution in [0.1, 0.15) is 13.8 Å². The minimum atomic E-state index is -4.94.